The molecule has 0 aliphatic heterocycles. The fourth-order valence-corrected chi connectivity index (χ4v) is 1.09. The summed E-state index contributed by atoms with van der Waals surface area (Å²) >= 11 is 0. The van der Waals surface area contributed by atoms with Crippen molar-refractivity contribution in [3.05, 3.63) is 30.3 Å². The Balaban J connectivity index is 2.38. The van der Waals surface area contributed by atoms with Crippen LogP contribution in [0.1, 0.15) is 6.92 Å². The largest absolute Gasteiger partial charge is 0.441 e. The van der Waals surface area contributed by atoms with Gasteiger partial charge in [-0.2, -0.15) is 0 Å². The van der Waals surface area contributed by atoms with Gasteiger partial charge in [0.25, 0.3) is 0 Å². The van der Waals surface area contributed by atoms with Gasteiger partial charge in [-0.15, -0.1) is 0 Å². The first-order valence-corrected chi connectivity index (χ1v) is 5.30. The Bertz CT molecular complexity index is 263. The van der Waals surface area contributed by atoms with Crippen molar-refractivity contribution in [3.63, 3.8) is 0 Å². The molecule has 0 saturated heterocycles. The number of hydrogen-bond donors (Lipinski definition) is 0. The SMILES string of the molecule is CCOC(OCCOC)Oc1ccccc1. The van der Waals surface area contributed by atoms with E-state index in [0.717, 1.165) is 5.75 Å². The van der Waals surface area contributed by atoms with Crippen LogP contribution in [0.25, 0.3) is 0 Å². The highest BCUT2D eigenvalue weighted by atomic mass is 16.8. The van der Waals surface area contributed by atoms with Crippen molar-refractivity contribution in [3.8, 4) is 5.75 Å². The third-order valence-corrected chi connectivity index (χ3v) is 1.82. The summed E-state index contributed by atoms with van der Waals surface area (Å²) in [4.78, 5) is 0. The number of ether oxygens (including phenoxy) is 4. The summed E-state index contributed by atoms with van der Waals surface area (Å²) in [5.41, 5.74) is 0. The van der Waals surface area contributed by atoms with E-state index < -0.39 is 6.48 Å². The molecule has 0 fully saturated rings. The molecular weight excluding hydrogens is 208 g/mol. The lowest BCUT2D eigenvalue weighted by Gasteiger charge is -2.18. The summed E-state index contributed by atoms with van der Waals surface area (Å²) in [5.74, 6) is 0.721. The van der Waals surface area contributed by atoms with Crippen LogP contribution < -0.4 is 4.74 Å². The highest BCUT2D eigenvalue weighted by molar-refractivity contribution is 5.20. The van der Waals surface area contributed by atoms with Crippen LogP contribution in [0, 0.1) is 0 Å². The van der Waals surface area contributed by atoms with Gasteiger partial charge in [0.1, 0.15) is 5.75 Å². The van der Waals surface area contributed by atoms with Gasteiger partial charge in [0.15, 0.2) is 0 Å². The lowest BCUT2D eigenvalue weighted by Crippen LogP contribution is -2.25. The van der Waals surface area contributed by atoms with E-state index in [1.54, 1.807) is 7.11 Å². The number of rotatable bonds is 8. The van der Waals surface area contributed by atoms with Crippen molar-refractivity contribution in [2.75, 3.05) is 26.9 Å². The third kappa shape index (κ3) is 5.11. The Labute approximate surface area is 96.1 Å². The second-order valence-electron chi connectivity index (χ2n) is 3.04. The summed E-state index contributed by atoms with van der Waals surface area (Å²) in [5, 5.41) is 0. The summed E-state index contributed by atoms with van der Waals surface area (Å²) in [6, 6.07) is 9.42. The zero-order chi connectivity index (χ0) is 11.6. The standard InChI is InChI=1S/C12H18O4/c1-3-14-12(15-10-9-13-2)16-11-7-5-4-6-8-11/h4-8,12H,3,9-10H2,1-2H3. The highest BCUT2D eigenvalue weighted by Gasteiger charge is 2.09. The maximum absolute atomic E-state index is 5.50. The van der Waals surface area contributed by atoms with Crippen LogP contribution in [0.3, 0.4) is 0 Å². The average Bonchev–Trinajstić information content (AvgIpc) is 2.31. The predicted molar refractivity (Wildman–Crippen MR) is 60.3 cm³/mol. The van der Waals surface area contributed by atoms with Crippen molar-refractivity contribution >= 4 is 0 Å². The van der Waals surface area contributed by atoms with Crippen LogP contribution in [0.15, 0.2) is 30.3 Å². The Hall–Kier alpha value is -1.10. The molecule has 0 amide bonds. The van der Waals surface area contributed by atoms with E-state index in [2.05, 4.69) is 0 Å². The maximum Gasteiger partial charge on any atom is 0.315 e. The number of methoxy groups -OCH3 is 1. The van der Waals surface area contributed by atoms with Crippen molar-refractivity contribution < 1.29 is 18.9 Å². The lowest BCUT2D eigenvalue weighted by molar-refractivity contribution is -0.247. The number of hydrogen-bond acceptors (Lipinski definition) is 4. The van der Waals surface area contributed by atoms with Gasteiger partial charge in [-0.1, -0.05) is 18.2 Å². The van der Waals surface area contributed by atoms with Crippen molar-refractivity contribution in [2.24, 2.45) is 0 Å². The second kappa shape index (κ2) is 8.10. The molecule has 1 rings (SSSR count). The lowest BCUT2D eigenvalue weighted by atomic mass is 10.3. The minimum atomic E-state index is -0.678. The van der Waals surface area contributed by atoms with Crippen LogP contribution in [0.4, 0.5) is 0 Å². The van der Waals surface area contributed by atoms with E-state index in [0.29, 0.717) is 19.8 Å². The first-order chi connectivity index (χ1) is 7.86. The van der Waals surface area contributed by atoms with Crippen LogP contribution in [-0.2, 0) is 14.2 Å². The Kier molecular flexibility index (Phi) is 6.56. The molecule has 4 heteroatoms. The van der Waals surface area contributed by atoms with Gasteiger partial charge in [0, 0.05) is 7.11 Å². The zero-order valence-electron chi connectivity index (χ0n) is 9.72. The first kappa shape index (κ1) is 13.0. The van der Waals surface area contributed by atoms with Crippen molar-refractivity contribution in [1.82, 2.24) is 0 Å². The molecule has 0 aliphatic carbocycles. The fourth-order valence-electron chi connectivity index (χ4n) is 1.09. The molecule has 0 saturated carbocycles. The van der Waals surface area contributed by atoms with Gasteiger partial charge in [-0.3, -0.25) is 0 Å². The van der Waals surface area contributed by atoms with Crippen LogP contribution >= 0.6 is 0 Å². The minimum absolute atomic E-state index is 0.438. The van der Waals surface area contributed by atoms with Crippen molar-refractivity contribution in [1.29, 1.82) is 0 Å². The molecule has 0 bridgehead atoms. The van der Waals surface area contributed by atoms with Gasteiger partial charge >= 0.3 is 6.48 Å². The smallest absolute Gasteiger partial charge is 0.315 e. The Morgan fingerprint density at radius 2 is 1.81 bits per heavy atom. The molecule has 0 spiro atoms. The molecule has 0 aromatic heterocycles. The molecule has 1 aromatic carbocycles. The topological polar surface area (TPSA) is 36.9 Å². The number of para-hydroxylation sites is 1. The zero-order valence-corrected chi connectivity index (χ0v) is 9.72. The molecule has 1 aromatic rings. The monoisotopic (exact) mass is 226 g/mol. The van der Waals surface area contributed by atoms with Gasteiger partial charge in [0.2, 0.25) is 0 Å². The van der Waals surface area contributed by atoms with E-state index in [4.69, 9.17) is 18.9 Å². The Morgan fingerprint density at radius 1 is 1.06 bits per heavy atom. The molecule has 0 N–H and O–H groups in total. The fraction of sp³-hybridized carbons (Fsp3) is 0.500. The van der Waals surface area contributed by atoms with Gasteiger partial charge in [0.05, 0.1) is 19.8 Å². The molecule has 4 nitrogen and oxygen atoms in total. The summed E-state index contributed by atoms with van der Waals surface area (Å²) in [6.07, 6.45) is 0. The van der Waals surface area contributed by atoms with E-state index in [-0.39, 0.29) is 0 Å². The number of benzene rings is 1. The quantitative estimate of drug-likeness (QED) is 0.502. The van der Waals surface area contributed by atoms with Crippen molar-refractivity contribution in [2.45, 2.75) is 13.4 Å². The van der Waals surface area contributed by atoms with Gasteiger partial charge < -0.3 is 18.9 Å². The minimum Gasteiger partial charge on any atom is -0.441 e. The molecule has 0 aliphatic rings. The van der Waals surface area contributed by atoms with E-state index in [1.807, 2.05) is 37.3 Å². The van der Waals surface area contributed by atoms with E-state index in [9.17, 15) is 0 Å². The van der Waals surface area contributed by atoms with Crippen LogP contribution in [0.5, 0.6) is 5.75 Å². The maximum atomic E-state index is 5.50. The molecule has 1 atom stereocenters. The summed E-state index contributed by atoms with van der Waals surface area (Å²) < 4.78 is 21.0. The van der Waals surface area contributed by atoms with Crippen LogP contribution in [0.2, 0.25) is 0 Å². The van der Waals surface area contributed by atoms with Gasteiger partial charge in [-0.25, -0.2) is 0 Å². The molecule has 90 valence electrons. The van der Waals surface area contributed by atoms with E-state index >= 15 is 0 Å². The predicted octanol–water partition coefficient (Wildman–Crippen LogP) is 2.05. The van der Waals surface area contributed by atoms with Gasteiger partial charge in [-0.05, 0) is 19.1 Å². The average molecular weight is 226 g/mol. The van der Waals surface area contributed by atoms with Crippen LogP contribution in [-0.4, -0.2) is 33.4 Å². The molecule has 0 radical (unpaired) electrons. The summed E-state index contributed by atoms with van der Waals surface area (Å²) in [7, 11) is 1.62. The Morgan fingerprint density at radius 3 is 2.44 bits per heavy atom. The molecule has 0 heterocycles. The second-order valence-corrected chi connectivity index (χ2v) is 3.04. The molecule has 1 unspecified atom stereocenters. The highest BCUT2D eigenvalue weighted by Crippen LogP contribution is 2.12. The third-order valence-electron chi connectivity index (χ3n) is 1.82. The van der Waals surface area contributed by atoms with E-state index in [1.165, 1.54) is 0 Å². The molecule has 16 heavy (non-hydrogen) atoms. The first-order valence-electron chi connectivity index (χ1n) is 5.30. The summed E-state index contributed by atoms with van der Waals surface area (Å²) in [6.45, 7) is 2.70. The normalized spacial score (nSPS) is 12.4. The molecular formula is C12H18O4.